The summed E-state index contributed by atoms with van der Waals surface area (Å²) in [5.74, 6) is -0.243. The van der Waals surface area contributed by atoms with Gasteiger partial charge in [0.15, 0.2) is 5.82 Å². The molecule has 0 bridgehead atoms. The molecule has 0 atom stereocenters. The SMILES string of the molecule is Cc1cccc(Cl)c1-c1cccc(/C=N\Nc2ncc(F)c(C)n2)n1. The van der Waals surface area contributed by atoms with E-state index in [-0.39, 0.29) is 11.6 Å². The Hall–Kier alpha value is -2.86. The Bertz CT molecular complexity index is 922. The summed E-state index contributed by atoms with van der Waals surface area (Å²) in [6, 6.07) is 11.3. The Kier molecular flexibility index (Phi) is 5.00. The van der Waals surface area contributed by atoms with Crippen molar-refractivity contribution < 1.29 is 4.39 Å². The molecule has 0 aliphatic heterocycles. The molecule has 0 fully saturated rings. The number of rotatable bonds is 4. The van der Waals surface area contributed by atoms with E-state index < -0.39 is 5.82 Å². The molecule has 0 saturated heterocycles. The molecule has 0 aliphatic rings. The van der Waals surface area contributed by atoms with Gasteiger partial charge in [-0.1, -0.05) is 29.8 Å². The van der Waals surface area contributed by atoms with E-state index >= 15 is 0 Å². The van der Waals surface area contributed by atoms with Crippen LogP contribution in [0.4, 0.5) is 10.3 Å². The quantitative estimate of drug-likeness (QED) is 0.556. The third-order valence-corrected chi connectivity index (χ3v) is 3.84. The maximum Gasteiger partial charge on any atom is 0.243 e. The maximum absolute atomic E-state index is 13.1. The first-order chi connectivity index (χ1) is 12.0. The lowest BCUT2D eigenvalue weighted by molar-refractivity contribution is 0.602. The first kappa shape index (κ1) is 17.0. The molecule has 0 spiro atoms. The van der Waals surface area contributed by atoms with Crippen LogP contribution < -0.4 is 5.43 Å². The Morgan fingerprint density at radius 2 is 1.92 bits per heavy atom. The summed E-state index contributed by atoms with van der Waals surface area (Å²) in [5, 5.41) is 4.69. The first-order valence-corrected chi connectivity index (χ1v) is 7.93. The standard InChI is InChI=1S/C18H15ClFN5/c1-11-5-3-7-14(19)17(11)16-8-4-6-13(24-16)9-22-25-18-21-10-15(20)12(2)23-18/h3-10H,1-2H3,(H,21,23,25)/b22-9-. The van der Waals surface area contributed by atoms with Gasteiger partial charge in [-0.2, -0.15) is 5.10 Å². The molecule has 0 radical (unpaired) electrons. The molecule has 3 rings (SSSR count). The second-order valence-electron chi connectivity index (χ2n) is 5.38. The first-order valence-electron chi connectivity index (χ1n) is 7.55. The zero-order valence-corrected chi connectivity index (χ0v) is 14.4. The summed E-state index contributed by atoms with van der Waals surface area (Å²) in [4.78, 5) is 12.3. The third kappa shape index (κ3) is 3.97. The molecule has 1 aromatic carbocycles. The van der Waals surface area contributed by atoms with Crippen LogP contribution in [0.2, 0.25) is 5.02 Å². The lowest BCUT2D eigenvalue weighted by atomic mass is 10.0. The summed E-state index contributed by atoms with van der Waals surface area (Å²) in [6.45, 7) is 3.54. The van der Waals surface area contributed by atoms with E-state index in [2.05, 4.69) is 25.5 Å². The van der Waals surface area contributed by atoms with Crippen molar-refractivity contribution in [3.63, 3.8) is 0 Å². The van der Waals surface area contributed by atoms with E-state index in [9.17, 15) is 4.39 Å². The van der Waals surface area contributed by atoms with Crippen molar-refractivity contribution in [2.45, 2.75) is 13.8 Å². The molecule has 2 heterocycles. The highest BCUT2D eigenvalue weighted by Crippen LogP contribution is 2.29. The second-order valence-corrected chi connectivity index (χ2v) is 5.78. The van der Waals surface area contributed by atoms with Gasteiger partial charge in [-0.05, 0) is 37.6 Å². The van der Waals surface area contributed by atoms with Crippen LogP contribution in [0.1, 0.15) is 17.0 Å². The van der Waals surface area contributed by atoms with Gasteiger partial charge in [0.2, 0.25) is 5.95 Å². The van der Waals surface area contributed by atoms with Gasteiger partial charge in [0.05, 0.1) is 34.5 Å². The summed E-state index contributed by atoms with van der Waals surface area (Å²) >= 11 is 6.30. The monoisotopic (exact) mass is 355 g/mol. The van der Waals surface area contributed by atoms with Crippen LogP contribution in [0.15, 0.2) is 47.7 Å². The number of hydrazone groups is 1. The van der Waals surface area contributed by atoms with E-state index in [0.717, 1.165) is 23.0 Å². The summed E-state index contributed by atoms with van der Waals surface area (Å²) < 4.78 is 13.1. The van der Waals surface area contributed by atoms with E-state index in [4.69, 9.17) is 11.6 Å². The van der Waals surface area contributed by atoms with Crippen LogP contribution in [-0.2, 0) is 0 Å². The van der Waals surface area contributed by atoms with Crippen LogP contribution in [-0.4, -0.2) is 21.2 Å². The number of nitrogens with zero attached hydrogens (tertiary/aromatic N) is 4. The number of benzene rings is 1. The fourth-order valence-corrected chi connectivity index (χ4v) is 2.60. The lowest BCUT2D eigenvalue weighted by Gasteiger charge is -2.08. The topological polar surface area (TPSA) is 63.1 Å². The van der Waals surface area contributed by atoms with Gasteiger partial charge in [0.25, 0.3) is 0 Å². The molecule has 1 N–H and O–H groups in total. The van der Waals surface area contributed by atoms with Crippen molar-refractivity contribution in [3.05, 3.63) is 70.4 Å². The minimum Gasteiger partial charge on any atom is -0.247 e. The molecule has 0 unspecified atom stereocenters. The third-order valence-electron chi connectivity index (χ3n) is 3.53. The van der Waals surface area contributed by atoms with Crippen LogP contribution in [0.3, 0.4) is 0 Å². The van der Waals surface area contributed by atoms with Gasteiger partial charge in [0.1, 0.15) is 0 Å². The normalized spacial score (nSPS) is 11.0. The molecule has 0 saturated carbocycles. The molecule has 2 aromatic heterocycles. The highest BCUT2D eigenvalue weighted by Gasteiger charge is 2.08. The molecule has 5 nitrogen and oxygen atoms in total. The number of anilines is 1. The largest absolute Gasteiger partial charge is 0.247 e. The highest BCUT2D eigenvalue weighted by molar-refractivity contribution is 6.33. The van der Waals surface area contributed by atoms with Crippen molar-refractivity contribution in [2.24, 2.45) is 5.10 Å². The van der Waals surface area contributed by atoms with Crippen LogP contribution >= 0.6 is 11.6 Å². The Balaban J connectivity index is 1.81. The number of hydrogen-bond donors (Lipinski definition) is 1. The minimum absolute atomic E-state index is 0.216. The van der Waals surface area contributed by atoms with Crippen molar-refractivity contribution in [3.8, 4) is 11.3 Å². The van der Waals surface area contributed by atoms with Crippen molar-refractivity contribution in [2.75, 3.05) is 5.43 Å². The smallest absolute Gasteiger partial charge is 0.243 e. The molecule has 3 aromatic rings. The zero-order chi connectivity index (χ0) is 17.8. The van der Waals surface area contributed by atoms with Crippen LogP contribution in [0, 0.1) is 19.7 Å². The maximum atomic E-state index is 13.1. The van der Waals surface area contributed by atoms with Gasteiger partial charge in [-0.25, -0.2) is 24.8 Å². The van der Waals surface area contributed by atoms with E-state index in [0.29, 0.717) is 10.7 Å². The number of hydrogen-bond acceptors (Lipinski definition) is 5. The Labute approximate surface area is 149 Å². The summed E-state index contributed by atoms with van der Waals surface area (Å²) in [7, 11) is 0. The molecule has 0 aliphatic carbocycles. The van der Waals surface area contributed by atoms with E-state index in [1.54, 1.807) is 6.92 Å². The molecular weight excluding hydrogens is 341 g/mol. The molecule has 0 amide bonds. The minimum atomic E-state index is -0.459. The lowest BCUT2D eigenvalue weighted by Crippen LogP contribution is -2.00. The predicted molar refractivity (Wildman–Crippen MR) is 97.4 cm³/mol. The second kappa shape index (κ2) is 7.36. The predicted octanol–water partition coefficient (Wildman–Crippen LogP) is 4.39. The molecular formula is C18H15ClFN5. The zero-order valence-electron chi connectivity index (χ0n) is 13.7. The van der Waals surface area contributed by atoms with Gasteiger partial charge in [0, 0.05) is 5.56 Å². The Morgan fingerprint density at radius 1 is 1.12 bits per heavy atom. The highest BCUT2D eigenvalue weighted by atomic mass is 35.5. The van der Waals surface area contributed by atoms with E-state index in [1.165, 1.54) is 6.21 Å². The molecule has 25 heavy (non-hydrogen) atoms. The van der Waals surface area contributed by atoms with Gasteiger partial charge < -0.3 is 0 Å². The number of pyridine rings is 1. The number of nitrogens with one attached hydrogen (secondary N) is 1. The summed E-state index contributed by atoms with van der Waals surface area (Å²) in [6.07, 6.45) is 2.64. The molecule has 126 valence electrons. The number of halogens is 2. The van der Waals surface area contributed by atoms with Gasteiger partial charge in [-0.3, -0.25) is 0 Å². The fourth-order valence-electron chi connectivity index (χ4n) is 2.28. The van der Waals surface area contributed by atoms with Crippen LogP contribution in [0.5, 0.6) is 0 Å². The summed E-state index contributed by atoms with van der Waals surface area (Å²) in [5.41, 5.74) is 6.25. The molecule has 7 heteroatoms. The average molecular weight is 356 g/mol. The fraction of sp³-hybridized carbons (Fsp3) is 0.111. The van der Waals surface area contributed by atoms with Crippen molar-refractivity contribution >= 4 is 23.8 Å². The van der Waals surface area contributed by atoms with Crippen LogP contribution in [0.25, 0.3) is 11.3 Å². The van der Waals surface area contributed by atoms with Gasteiger partial charge in [-0.15, -0.1) is 0 Å². The number of aromatic nitrogens is 3. The van der Waals surface area contributed by atoms with E-state index in [1.807, 2.05) is 43.3 Å². The number of aryl methyl sites for hydroxylation is 2. The average Bonchev–Trinajstić information content (AvgIpc) is 2.58. The van der Waals surface area contributed by atoms with Gasteiger partial charge >= 0.3 is 0 Å². The van der Waals surface area contributed by atoms with Crippen molar-refractivity contribution in [1.29, 1.82) is 0 Å². The Morgan fingerprint density at radius 3 is 2.68 bits per heavy atom. The van der Waals surface area contributed by atoms with Crippen molar-refractivity contribution in [1.82, 2.24) is 15.0 Å².